The molecule has 1 aromatic heterocycles. The van der Waals surface area contributed by atoms with Crippen molar-refractivity contribution in [2.75, 3.05) is 12.4 Å². The van der Waals surface area contributed by atoms with E-state index in [0.29, 0.717) is 11.3 Å². The maximum absolute atomic E-state index is 13.9. The average molecular weight is 453 g/mol. The Morgan fingerprint density at radius 1 is 1.22 bits per heavy atom. The highest BCUT2D eigenvalue weighted by Gasteiger charge is 2.15. The molecule has 162 valence electrons. The lowest BCUT2D eigenvalue weighted by molar-refractivity contribution is -0.112. The number of rotatable bonds is 6. The van der Waals surface area contributed by atoms with Gasteiger partial charge in [0.2, 0.25) is 11.1 Å². The van der Waals surface area contributed by atoms with Gasteiger partial charge in [-0.3, -0.25) is 4.79 Å². The molecule has 1 N–H and O–H groups in total. The highest BCUT2D eigenvalue weighted by atomic mass is 35.5. The fourth-order valence-electron chi connectivity index (χ4n) is 2.82. The molecular formula is C23H18ClFN4O3. The van der Waals surface area contributed by atoms with Crippen molar-refractivity contribution in [3.05, 3.63) is 76.0 Å². The van der Waals surface area contributed by atoms with Crippen LogP contribution in [0.3, 0.4) is 0 Å². The number of carbonyl (C=O) groups excluding carboxylic acids is 1. The van der Waals surface area contributed by atoms with Crippen molar-refractivity contribution >= 4 is 29.3 Å². The summed E-state index contributed by atoms with van der Waals surface area (Å²) >= 11 is 5.68. The van der Waals surface area contributed by atoms with Gasteiger partial charge in [-0.15, -0.1) is 0 Å². The smallest absolute Gasteiger partial charge is 0.266 e. The van der Waals surface area contributed by atoms with Crippen molar-refractivity contribution in [1.29, 1.82) is 5.26 Å². The Morgan fingerprint density at radius 3 is 2.69 bits per heavy atom. The number of nitriles is 1. The predicted octanol–water partition coefficient (Wildman–Crippen LogP) is 5.23. The number of amides is 1. The van der Waals surface area contributed by atoms with E-state index < -0.39 is 11.7 Å². The van der Waals surface area contributed by atoms with Crippen LogP contribution in [-0.4, -0.2) is 23.0 Å². The Morgan fingerprint density at radius 2 is 2.00 bits per heavy atom. The zero-order valence-electron chi connectivity index (χ0n) is 17.4. The van der Waals surface area contributed by atoms with Gasteiger partial charge in [0.1, 0.15) is 11.6 Å². The van der Waals surface area contributed by atoms with Gasteiger partial charge in [0, 0.05) is 5.69 Å². The van der Waals surface area contributed by atoms with E-state index >= 15 is 0 Å². The highest BCUT2D eigenvalue weighted by molar-refractivity contribution is 6.28. The number of nitrogens with zero attached hydrogens (tertiary/aromatic N) is 3. The molecule has 0 spiro atoms. The number of hydrogen-bond acceptors (Lipinski definition) is 6. The summed E-state index contributed by atoms with van der Waals surface area (Å²) < 4.78 is 24.6. The third-order valence-electron chi connectivity index (χ3n) is 4.38. The van der Waals surface area contributed by atoms with Crippen molar-refractivity contribution in [2.45, 2.75) is 13.8 Å². The fraction of sp³-hybridized carbons (Fsp3) is 0.130. The fourth-order valence-corrected chi connectivity index (χ4v) is 2.95. The second-order valence-electron chi connectivity index (χ2n) is 6.75. The summed E-state index contributed by atoms with van der Waals surface area (Å²) in [6.45, 7) is 3.82. The van der Waals surface area contributed by atoms with Gasteiger partial charge in [0.05, 0.1) is 13.3 Å². The number of aryl methyl sites for hydroxylation is 2. The van der Waals surface area contributed by atoms with Gasteiger partial charge in [0.25, 0.3) is 11.8 Å². The van der Waals surface area contributed by atoms with Crippen molar-refractivity contribution in [3.63, 3.8) is 0 Å². The van der Waals surface area contributed by atoms with Crippen LogP contribution < -0.4 is 14.8 Å². The zero-order chi connectivity index (χ0) is 23.3. The number of aromatic nitrogens is 2. The summed E-state index contributed by atoms with van der Waals surface area (Å²) in [6, 6.07) is 12.1. The summed E-state index contributed by atoms with van der Waals surface area (Å²) in [6.07, 6.45) is 2.30. The van der Waals surface area contributed by atoms with Crippen LogP contribution in [0.1, 0.15) is 16.7 Å². The molecule has 0 radical (unpaired) electrons. The minimum atomic E-state index is -0.796. The molecule has 3 aromatic rings. The normalized spacial score (nSPS) is 10.9. The van der Waals surface area contributed by atoms with Gasteiger partial charge in [-0.1, -0.05) is 23.8 Å². The lowest BCUT2D eigenvalue weighted by Gasteiger charge is -2.11. The third-order valence-corrected chi connectivity index (χ3v) is 4.57. The molecule has 0 bridgehead atoms. The van der Waals surface area contributed by atoms with Gasteiger partial charge in [0.15, 0.2) is 11.5 Å². The molecule has 3 rings (SSSR count). The number of hydrogen-bond donors (Lipinski definition) is 1. The van der Waals surface area contributed by atoms with Gasteiger partial charge in [-0.25, -0.2) is 4.98 Å². The second-order valence-corrected chi connectivity index (χ2v) is 7.08. The summed E-state index contributed by atoms with van der Waals surface area (Å²) in [4.78, 5) is 19.8. The first-order chi connectivity index (χ1) is 15.3. The Labute approximate surface area is 189 Å². The lowest BCUT2D eigenvalue weighted by Crippen LogP contribution is -2.14. The van der Waals surface area contributed by atoms with E-state index in [0.717, 1.165) is 17.3 Å². The molecule has 0 unspecified atom stereocenters. The van der Waals surface area contributed by atoms with Crippen LogP contribution in [0.5, 0.6) is 17.4 Å². The summed E-state index contributed by atoms with van der Waals surface area (Å²) in [5.41, 5.74) is 2.97. The Kier molecular flexibility index (Phi) is 7.03. The quantitative estimate of drug-likeness (QED) is 0.312. The van der Waals surface area contributed by atoms with Crippen molar-refractivity contribution in [2.24, 2.45) is 0 Å². The van der Waals surface area contributed by atoms with Gasteiger partial charge in [-0.2, -0.15) is 14.6 Å². The summed E-state index contributed by atoms with van der Waals surface area (Å²) in [5.74, 6) is -1.31. The van der Waals surface area contributed by atoms with Gasteiger partial charge >= 0.3 is 0 Å². The van der Waals surface area contributed by atoms with E-state index in [4.69, 9.17) is 21.1 Å². The number of nitrogens with one attached hydrogen (secondary N) is 1. The van der Waals surface area contributed by atoms with Gasteiger partial charge < -0.3 is 14.8 Å². The third kappa shape index (κ3) is 5.39. The minimum Gasteiger partial charge on any atom is -0.493 e. The van der Waals surface area contributed by atoms with Crippen molar-refractivity contribution in [3.8, 4) is 23.4 Å². The minimum absolute atomic E-state index is 0.102. The van der Waals surface area contributed by atoms with Crippen LogP contribution in [0.15, 0.2) is 48.2 Å². The second kappa shape index (κ2) is 9.90. The Balaban J connectivity index is 1.85. The molecule has 0 aliphatic heterocycles. The molecule has 0 aliphatic rings. The number of benzene rings is 2. The first-order valence-corrected chi connectivity index (χ1v) is 9.73. The van der Waals surface area contributed by atoms with Crippen LogP contribution in [-0.2, 0) is 4.79 Å². The van der Waals surface area contributed by atoms with Crippen LogP contribution in [0, 0.1) is 31.0 Å². The molecule has 0 saturated carbocycles. The van der Waals surface area contributed by atoms with Crippen molar-refractivity contribution in [1.82, 2.24) is 9.97 Å². The van der Waals surface area contributed by atoms with Gasteiger partial charge in [-0.05, 0) is 60.9 Å². The molecule has 0 saturated heterocycles. The lowest BCUT2D eigenvalue weighted by atomic mass is 10.1. The molecule has 2 aromatic carbocycles. The van der Waals surface area contributed by atoms with E-state index in [9.17, 15) is 14.4 Å². The van der Waals surface area contributed by atoms with E-state index in [2.05, 4.69) is 15.3 Å². The van der Waals surface area contributed by atoms with Crippen molar-refractivity contribution < 1.29 is 18.7 Å². The summed E-state index contributed by atoms with van der Waals surface area (Å²) in [5, 5.41) is 12.0. The molecule has 0 fully saturated rings. The molecule has 1 heterocycles. The van der Waals surface area contributed by atoms with E-state index in [-0.39, 0.29) is 28.2 Å². The first-order valence-electron chi connectivity index (χ1n) is 9.35. The monoisotopic (exact) mass is 452 g/mol. The van der Waals surface area contributed by atoms with E-state index in [1.54, 1.807) is 12.1 Å². The molecule has 0 atom stereocenters. The number of methoxy groups -OCH3 is 1. The van der Waals surface area contributed by atoms with Crippen LogP contribution in [0.25, 0.3) is 6.08 Å². The van der Waals surface area contributed by atoms with E-state index in [1.807, 2.05) is 32.0 Å². The van der Waals surface area contributed by atoms with Crippen LogP contribution >= 0.6 is 11.6 Å². The zero-order valence-corrected chi connectivity index (χ0v) is 18.2. The highest BCUT2D eigenvalue weighted by Crippen LogP contribution is 2.33. The SMILES string of the molecule is COc1cc(C=C(C#N)C(=O)Nc2ccc(C)cc2C)ccc1Oc1nc(Cl)ncc1F. The molecule has 0 aliphatic carbocycles. The molecular weight excluding hydrogens is 435 g/mol. The van der Waals surface area contributed by atoms with Crippen LogP contribution in [0.2, 0.25) is 5.28 Å². The largest absolute Gasteiger partial charge is 0.493 e. The Hall–Kier alpha value is -3.96. The molecule has 7 nitrogen and oxygen atoms in total. The number of halogens is 2. The number of carbonyl (C=O) groups is 1. The summed E-state index contributed by atoms with van der Waals surface area (Å²) in [7, 11) is 1.40. The number of anilines is 1. The van der Waals surface area contributed by atoms with Crippen LogP contribution in [0.4, 0.5) is 10.1 Å². The topological polar surface area (TPSA) is 97.1 Å². The maximum atomic E-state index is 13.9. The average Bonchev–Trinajstić information content (AvgIpc) is 2.77. The Bertz CT molecular complexity index is 1250. The predicted molar refractivity (Wildman–Crippen MR) is 118 cm³/mol. The number of ether oxygens (including phenoxy) is 2. The maximum Gasteiger partial charge on any atom is 0.266 e. The molecule has 32 heavy (non-hydrogen) atoms. The van der Waals surface area contributed by atoms with E-state index in [1.165, 1.54) is 25.3 Å². The standard InChI is InChI=1S/C23H18ClFN4O3/c1-13-4-6-18(14(2)8-13)28-21(30)16(11-26)9-15-5-7-19(20(10-15)31-3)32-22-17(25)12-27-23(24)29-22/h4-10,12H,1-3H3,(H,28,30). The molecule has 9 heteroatoms. The first kappa shape index (κ1) is 22.7. The molecule has 1 amide bonds.